The van der Waals surface area contributed by atoms with E-state index in [4.69, 9.17) is 5.84 Å². The van der Waals surface area contributed by atoms with Gasteiger partial charge in [0, 0.05) is 6.04 Å². The molecular formula is C10H20N2. The van der Waals surface area contributed by atoms with Crippen molar-refractivity contribution >= 4 is 0 Å². The molecule has 0 bridgehead atoms. The van der Waals surface area contributed by atoms with E-state index >= 15 is 0 Å². The van der Waals surface area contributed by atoms with Crippen LogP contribution >= 0.6 is 0 Å². The number of rotatable bonds is 3. The summed E-state index contributed by atoms with van der Waals surface area (Å²) in [6.07, 6.45) is 5.55. The monoisotopic (exact) mass is 168 g/mol. The topological polar surface area (TPSA) is 38.0 Å². The van der Waals surface area contributed by atoms with Gasteiger partial charge in [0.2, 0.25) is 0 Å². The van der Waals surface area contributed by atoms with Gasteiger partial charge in [-0.05, 0) is 36.5 Å². The van der Waals surface area contributed by atoms with Gasteiger partial charge in [-0.2, -0.15) is 0 Å². The third-order valence-corrected chi connectivity index (χ3v) is 3.87. The zero-order chi connectivity index (χ0) is 8.77. The molecule has 2 heteroatoms. The fraction of sp³-hybridized carbons (Fsp3) is 1.00. The molecular weight excluding hydrogens is 148 g/mol. The van der Waals surface area contributed by atoms with Gasteiger partial charge in [-0.3, -0.25) is 11.3 Å². The number of hydrogen-bond acceptors (Lipinski definition) is 2. The Balaban J connectivity index is 1.91. The van der Waals surface area contributed by atoms with Crippen LogP contribution in [-0.4, -0.2) is 6.04 Å². The molecule has 2 saturated carbocycles. The average molecular weight is 168 g/mol. The van der Waals surface area contributed by atoms with Crippen molar-refractivity contribution in [2.24, 2.45) is 23.1 Å². The molecule has 3 N–H and O–H groups in total. The highest BCUT2D eigenvalue weighted by atomic mass is 15.2. The van der Waals surface area contributed by atoms with Gasteiger partial charge in [-0.1, -0.05) is 20.3 Å². The van der Waals surface area contributed by atoms with Crippen LogP contribution in [0.3, 0.4) is 0 Å². The predicted molar refractivity (Wildman–Crippen MR) is 50.3 cm³/mol. The summed E-state index contributed by atoms with van der Waals surface area (Å²) in [5.74, 6) is 7.31. The number of hydrogen-bond donors (Lipinski definition) is 2. The first-order chi connectivity index (χ1) is 5.65. The molecule has 0 spiro atoms. The molecule has 0 aromatic rings. The molecule has 12 heavy (non-hydrogen) atoms. The molecule has 0 aromatic heterocycles. The molecule has 0 aromatic carbocycles. The highest BCUT2D eigenvalue weighted by Gasteiger charge is 2.52. The van der Waals surface area contributed by atoms with Crippen molar-refractivity contribution in [3.05, 3.63) is 0 Å². The molecule has 0 radical (unpaired) electrons. The summed E-state index contributed by atoms with van der Waals surface area (Å²) in [4.78, 5) is 0. The van der Waals surface area contributed by atoms with Gasteiger partial charge in [0.05, 0.1) is 0 Å². The SMILES string of the molecule is CC1(C)CC1C(NN)C1CCC1. The van der Waals surface area contributed by atoms with Gasteiger partial charge in [-0.15, -0.1) is 0 Å². The van der Waals surface area contributed by atoms with Crippen LogP contribution in [-0.2, 0) is 0 Å². The Kier molecular flexibility index (Phi) is 1.92. The maximum absolute atomic E-state index is 5.60. The lowest BCUT2D eigenvalue weighted by Crippen LogP contribution is -2.45. The molecule has 0 aliphatic heterocycles. The Labute approximate surface area is 74.9 Å². The van der Waals surface area contributed by atoms with E-state index in [1.54, 1.807) is 0 Å². The van der Waals surface area contributed by atoms with Gasteiger partial charge < -0.3 is 0 Å². The Morgan fingerprint density at radius 3 is 2.25 bits per heavy atom. The third kappa shape index (κ3) is 1.27. The number of hydrazine groups is 1. The highest BCUT2D eigenvalue weighted by molar-refractivity contribution is 5.04. The molecule has 2 nitrogen and oxygen atoms in total. The fourth-order valence-electron chi connectivity index (χ4n) is 2.50. The maximum Gasteiger partial charge on any atom is 0.0272 e. The predicted octanol–water partition coefficient (Wildman–Crippen LogP) is 1.66. The molecule has 2 unspecified atom stereocenters. The second-order valence-corrected chi connectivity index (χ2v) is 5.18. The minimum absolute atomic E-state index is 0.562. The maximum atomic E-state index is 5.60. The van der Waals surface area contributed by atoms with Crippen LogP contribution in [0.25, 0.3) is 0 Å². The first kappa shape index (κ1) is 8.52. The van der Waals surface area contributed by atoms with E-state index < -0.39 is 0 Å². The summed E-state index contributed by atoms with van der Waals surface area (Å²) in [6, 6.07) is 0.605. The van der Waals surface area contributed by atoms with Crippen LogP contribution in [0, 0.1) is 17.3 Å². The van der Waals surface area contributed by atoms with Crippen molar-refractivity contribution in [3.63, 3.8) is 0 Å². The van der Waals surface area contributed by atoms with E-state index in [1.807, 2.05) is 0 Å². The lowest BCUT2D eigenvalue weighted by atomic mass is 9.77. The van der Waals surface area contributed by atoms with Crippen molar-refractivity contribution in [2.75, 3.05) is 0 Å². The molecule has 70 valence electrons. The Morgan fingerprint density at radius 2 is 2.00 bits per heavy atom. The van der Waals surface area contributed by atoms with Crippen LogP contribution in [0.5, 0.6) is 0 Å². The Hall–Kier alpha value is -0.0800. The van der Waals surface area contributed by atoms with E-state index in [0.717, 1.165) is 11.8 Å². The van der Waals surface area contributed by atoms with Crippen LogP contribution in [0.15, 0.2) is 0 Å². The van der Waals surface area contributed by atoms with Crippen molar-refractivity contribution in [1.29, 1.82) is 0 Å². The summed E-state index contributed by atoms with van der Waals surface area (Å²) in [5.41, 5.74) is 3.58. The van der Waals surface area contributed by atoms with Crippen molar-refractivity contribution < 1.29 is 0 Å². The fourth-order valence-corrected chi connectivity index (χ4v) is 2.50. The van der Waals surface area contributed by atoms with E-state index in [-0.39, 0.29) is 0 Å². The van der Waals surface area contributed by atoms with Gasteiger partial charge in [0.25, 0.3) is 0 Å². The van der Waals surface area contributed by atoms with Crippen molar-refractivity contribution in [2.45, 2.75) is 45.6 Å². The van der Waals surface area contributed by atoms with Crippen LogP contribution < -0.4 is 11.3 Å². The van der Waals surface area contributed by atoms with Gasteiger partial charge >= 0.3 is 0 Å². The largest absolute Gasteiger partial charge is 0.271 e. The normalized spacial score (nSPS) is 35.8. The molecule has 0 amide bonds. The molecule has 0 heterocycles. The zero-order valence-electron chi connectivity index (χ0n) is 8.14. The van der Waals surface area contributed by atoms with Gasteiger partial charge in [0.15, 0.2) is 0 Å². The molecule has 2 rings (SSSR count). The summed E-state index contributed by atoms with van der Waals surface area (Å²) in [6.45, 7) is 4.70. The van der Waals surface area contributed by atoms with E-state index in [9.17, 15) is 0 Å². The number of nitrogens with one attached hydrogen (secondary N) is 1. The average Bonchev–Trinajstić information content (AvgIpc) is 2.50. The van der Waals surface area contributed by atoms with Crippen molar-refractivity contribution in [1.82, 2.24) is 5.43 Å². The first-order valence-electron chi connectivity index (χ1n) is 5.11. The second-order valence-electron chi connectivity index (χ2n) is 5.18. The van der Waals surface area contributed by atoms with Crippen molar-refractivity contribution in [3.8, 4) is 0 Å². The van der Waals surface area contributed by atoms with Gasteiger partial charge in [0.1, 0.15) is 0 Å². The quantitative estimate of drug-likeness (QED) is 0.497. The summed E-state index contributed by atoms with van der Waals surface area (Å²) >= 11 is 0. The van der Waals surface area contributed by atoms with Crippen LogP contribution in [0.1, 0.15) is 39.5 Å². The number of nitrogens with two attached hydrogens (primary N) is 1. The lowest BCUT2D eigenvalue weighted by molar-refractivity contribution is 0.198. The summed E-state index contributed by atoms with van der Waals surface area (Å²) < 4.78 is 0. The van der Waals surface area contributed by atoms with E-state index in [1.165, 1.54) is 25.7 Å². The molecule has 2 fully saturated rings. The van der Waals surface area contributed by atoms with E-state index in [2.05, 4.69) is 19.3 Å². The summed E-state index contributed by atoms with van der Waals surface area (Å²) in [7, 11) is 0. The second kappa shape index (κ2) is 2.71. The third-order valence-electron chi connectivity index (χ3n) is 3.87. The standard InChI is InChI=1S/C10H20N2/c1-10(2)6-8(10)9(12-11)7-4-3-5-7/h7-9,12H,3-6,11H2,1-2H3. The molecule has 2 aliphatic rings. The molecule has 2 aliphatic carbocycles. The molecule has 2 atom stereocenters. The lowest BCUT2D eigenvalue weighted by Gasteiger charge is -2.34. The van der Waals surface area contributed by atoms with Crippen LogP contribution in [0.2, 0.25) is 0 Å². The minimum Gasteiger partial charge on any atom is -0.271 e. The minimum atomic E-state index is 0.562. The van der Waals surface area contributed by atoms with Gasteiger partial charge in [-0.25, -0.2) is 0 Å². The molecule has 0 saturated heterocycles. The summed E-state index contributed by atoms with van der Waals surface area (Å²) in [5, 5.41) is 0. The first-order valence-corrected chi connectivity index (χ1v) is 5.11. The smallest absolute Gasteiger partial charge is 0.0272 e. The zero-order valence-corrected chi connectivity index (χ0v) is 8.14. The Morgan fingerprint density at radius 1 is 1.42 bits per heavy atom. The highest BCUT2D eigenvalue weighted by Crippen LogP contribution is 2.56. The Bertz CT molecular complexity index is 173. The van der Waals surface area contributed by atoms with Crippen LogP contribution in [0.4, 0.5) is 0 Å². The van der Waals surface area contributed by atoms with E-state index in [0.29, 0.717) is 11.5 Å².